The molecule has 0 heterocycles. The summed E-state index contributed by atoms with van der Waals surface area (Å²) in [7, 11) is 0. The van der Waals surface area contributed by atoms with Crippen molar-refractivity contribution in [1.29, 1.82) is 0 Å². The van der Waals surface area contributed by atoms with Crippen LogP contribution >= 0.6 is 0 Å². The van der Waals surface area contributed by atoms with E-state index >= 15 is 0 Å². The highest BCUT2D eigenvalue weighted by atomic mass is 19.1. The van der Waals surface area contributed by atoms with Gasteiger partial charge in [-0.25, -0.2) is 8.78 Å². The molecule has 1 N–H and O–H groups in total. The molecule has 0 aliphatic carbocycles. The standard InChI is InChI=1S/C17H19F2N/c1-4-20-10-13-5-6-14(18)9-16(13)17-11(2)7-15(19)8-12(17)3/h5-9,20H,4,10H2,1-3H3. The van der Waals surface area contributed by atoms with Gasteiger partial charge in [-0.3, -0.25) is 0 Å². The first-order valence-electron chi connectivity index (χ1n) is 6.79. The summed E-state index contributed by atoms with van der Waals surface area (Å²) in [5, 5.41) is 3.25. The van der Waals surface area contributed by atoms with Gasteiger partial charge in [-0.15, -0.1) is 0 Å². The molecule has 0 atom stereocenters. The van der Waals surface area contributed by atoms with Gasteiger partial charge in [-0.2, -0.15) is 0 Å². The van der Waals surface area contributed by atoms with Crippen LogP contribution in [0.1, 0.15) is 23.6 Å². The number of nitrogens with one attached hydrogen (secondary N) is 1. The van der Waals surface area contributed by atoms with Crippen LogP contribution in [-0.2, 0) is 6.54 Å². The third kappa shape index (κ3) is 3.05. The molecule has 0 saturated heterocycles. The van der Waals surface area contributed by atoms with Gasteiger partial charge in [-0.1, -0.05) is 13.0 Å². The Labute approximate surface area is 118 Å². The molecule has 2 rings (SSSR count). The summed E-state index contributed by atoms with van der Waals surface area (Å²) in [5.41, 5.74) is 4.42. The van der Waals surface area contributed by atoms with Crippen molar-refractivity contribution in [3.63, 3.8) is 0 Å². The SMILES string of the molecule is CCNCc1ccc(F)cc1-c1c(C)cc(F)cc1C. The highest BCUT2D eigenvalue weighted by Crippen LogP contribution is 2.31. The van der Waals surface area contributed by atoms with E-state index in [4.69, 9.17) is 0 Å². The maximum absolute atomic E-state index is 13.6. The lowest BCUT2D eigenvalue weighted by Gasteiger charge is -2.15. The number of aryl methyl sites for hydroxylation is 2. The molecule has 2 aromatic carbocycles. The molecule has 0 saturated carbocycles. The van der Waals surface area contributed by atoms with Crippen LogP contribution in [0.15, 0.2) is 30.3 Å². The maximum Gasteiger partial charge on any atom is 0.123 e. The van der Waals surface area contributed by atoms with Crippen LogP contribution in [-0.4, -0.2) is 6.54 Å². The largest absolute Gasteiger partial charge is 0.313 e. The second kappa shape index (κ2) is 6.14. The zero-order valence-electron chi connectivity index (χ0n) is 12.1. The molecule has 0 aliphatic rings. The van der Waals surface area contributed by atoms with Crippen LogP contribution in [0, 0.1) is 25.5 Å². The zero-order valence-corrected chi connectivity index (χ0v) is 12.1. The van der Waals surface area contributed by atoms with E-state index in [1.54, 1.807) is 6.07 Å². The first-order valence-corrected chi connectivity index (χ1v) is 6.79. The van der Waals surface area contributed by atoms with Crippen molar-refractivity contribution in [2.45, 2.75) is 27.3 Å². The summed E-state index contributed by atoms with van der Waals surface area (Å²) in [6.45, 7) is 7.25. The Kier molecular flexibility index (Phi) is 4.50. The lowest BCUT2D eigenvalue weighted by molar-refractivity contribution is 0.624. The predicted octanol–water partition coefficient (Wildman–Crippen LogP) is 4.36. The van der Waals surface area contributed by atoms with Crippen LogP contribution < -0.4 is 5.32 Å². The van der Waals surface area contributed by atoms with E-state index in [-0.39, 0.29) is 11.6 Å². The van der Waals surface area contributed by atoms with Crippen LogP contribution in [0.2, 0.25) is 0 Å². The molecule has 0 aromatic heterocycles. The van der Waals surface area contributed by atoms with Gasteiger partial charge in [-0.05, 0) is 72.5 Å². The van der Waals surface area contributed by atoms with Crippen molar-refractivity contribution >= 4 is 0 Å². The Morgan fingerprint density at radius 3 is 2.20 bits per heavy atom. The van der Waals surface area contributed by atoms with Crippen LogP contribution in [0.25, 0.3) is 11.1 Å². The first kappa shape index (κ1) is 14.7. The molecular weight excluding hydrogens is 256 g/mol. The van der Waals surface area contributed by atoms with Gasteiger partial charge in [0.2, 0.25) is 0 Å². The second-order valence-electron chi connectivity index (χ2n) is 5.00. The molecule has 20 heavy (non-hydrogen) atoms. The van der Waals surface area contributed by atoms with E-state index < -0.39 is 0 Å². The number of hydrogen-bond acceptors (Lipinski definition) is 1. The molecular formula is C17H19F2N. The van der Waals surface area contributed by atoms with Crippen LogP contribution in [0.5, 0.6) is 0 Å². The third-order valence-corrected chi connectivity index (χ3v) is 3.40. The fourth-order valence-corrected chi connectivity index (χ4v) is 2.53. The smallest absolute Gasteiger partial charge is 0.123 e. The Bertz CT molecular complexity index is 597. The van der Waals surface area contributed by atoms with E-state index in [1.807, 2.05) is 20.8 Å². The Morgan fingerprint density at radius 1 is 0.950 bits per heavy atom. The Morgan fingerprint density at radius 2 is 1.60 bits per heavy atom. The van der Waals surface area contributed by atoms with Crippen molar-refractivity contribution < 1.29 is 8.78 Å². The van der Waals surface area contributed by atoms with Gasteiger partial charge in [0.25, 0.3) is 0 Å². The van der Waals surface area contributed by atoms with Gasteiger partial charge in [0.15, 0.2) is 0 Å². The minimum absolute atomic E-state index is 0.256. The molecule has 3 heteroatoms. The topological polar surface area (TPSA) is 12.0 Å². The van der Waals surface area contributed by atoms with Gasteiger partial charge in [0, 0.05) is 6.54 Å². The van der Waals surface area contributed by atoms with Crippen LogP contribution in [0.4, 0.5) is 8.78 Å². The zero-order chi connectivity index (χ0) is 14.7. The fourth-order valence-electron chi connectivity index (χ4n) is 2.53. The van der Waals surface area contributed by atoms with E-state index in [1.165, 1.54) is 24.3 Å². The monoisotopic (exact) mass is 275 g/mol. The summed E-state index contributed by atoms with van der Waals surface area (Å²) >= 11 is 0. The molecule has 106 valence electrons. The normalized spacial score (nSPS) is 10.8. The van der Waals surface area contributed by atoms with Gasteiger partial charge < -0.3 is 5.32 Å². The average Bonchev–Trinajstić information content (AvgIpc) is 2.36. The number of halogens is 2. The van der Waals surface area contributed by atoms with E-state index in [0.29, 0.717) is 6.54 Å². The molecule has 0 bridgehead atoms. The minimum Gasteiger partial charge on any atom is -0.313 e. The van der Waals surface area contributed by atoms with Crippen molar-refractivity contribution in [2.24, 2.45) is 0 Å². The maximum atomic E-state index is 13.6. The summed E-state index contributed by atoms with van der Waals surface area (Å²) in [6, 6.07) is 7.76. The Balaban J connectivity index is 2.59. The first-order chi connectivity index (χ1) is 9.52. The highest BCUT2D eigenvalue weighted by molar-refractivity contribution is 5.73. The number of rotatable bonds is 4. The molecule has 0 aliphatic heterocycles. The van der Waals surface area contributed by atoms with E-state index in [2.05, 4.69) is 5.32 Å². The molecule has 2 aromatic rings. The second-order valence-corrected chi connectivity index (χ2v) is 5.00. The highest BCUT2D eigenvalue weighted by Gasteiger charge is 2.12. The lowest BCUT2D eigenvalue weighted by atomic mass is 9.92. The molecule has 0 unspecified atom stereocenters. The third-order valence-electron chi connectivity index (χ3n) is 3.40. The lowest BCUT2D eigenvalue weighted by Crippen LogP contribution is -2.13. The summed E-state index contributed by atoms with van der Waals surface area (Å²) < 4.78 is 27.0. The van der Waals surface area contributed by atoms with Crippen molar-refractivity contribution in [1.82, 2.24) is 5.32 Å². The van der Waals surface area contributed by atoms with Crippen molar-refractivity contribution in [3.8, 4) is 11.1 Å². The van der Waals surface area contributed by atoms with E-state index in [0.717, 1.165) is 34.4 Å². The Hall–Kier alpha value is -1.74. The predicted molar refractivity (Wildman–Crippen MR) is 78.6 cm³/mol. The summed E-state index contributed by atoms with van der Waals surface area (Å²) in [5.74, 6) is -0.531. The fraction of sp³-hybridized carbons (Fsp3) is 0.294. The van der Waals surface area contributed by atoms with Crippen molar-refractivity contribution in [3.05, 3.63) is 58.7 Å². The van der Waals surface area contributed by atoms with Gasteiger partial charge in [0.1, 0.15) is 11.6 Å². The molecule has 0 amide bonds. The number of benzene rings is 2. The molecule has 1 nitrogen and oxygen atoms in total. The van der Waals surface area contributed by atoms with Gasteiger partial charge >= 0.3 is 0 Å². The molecule has 0 radical (unpaired) electrons. The molecule has 0 fully saturated rings. The van der Waals surface area contributed by atoms with Gasteiger partial charge in [0.05, 0.1) is 0 Å². The quantitative estimate of drug-likeness (QED) is 0.874. The van der Waals surface area contributed by atoms with E-state index in [9.17, 15) is 8.78 Å². The average molecular weight is 275 g/mol. The van der Waals surface area contributed by atoms with Crippen molar-refractivity contribution in [2.75, 3.05) is 6.54 Å². The number of hydrogen-bond donors (Lipinski definition) is 1. The molecule has 0 spiro atoms. The summed E-state index contributed by atoms with van der Waals surface area (Å²) in [6.07, 6.45) is 0. The minimum atomic E-state index is -0.275. The summed E-state index contributed by atoms with van der Waals surface area (Å²) in [4.78, 5) is 0. The van der Waals surface area contributed by atoms with Crippen LogP contribution in [0.3, 0.4) is 0 Å².